The molecule has 1 saturated carbocycles. The third-order valence-electron chi connectivity index (χ3n) is 3.98. The molecule has 0 amide bonds. The first-order chi connectivity index (χ1) is 7.40. The highest BCUT2D eigenvalue weighted by atomic mass is 16.6. The number of hydrogen-bond donors (Lipinski definition) is 0. The maximum absolute atomic E-state index is 5.56. The fourth-order valence-electron chi connectivity index (χ4n) is 2.89. The van der Waals surface area contributed by atoms with Crippen LogP contribution in [0.2, 0.25) is 0 Å². The summed E-state index contributed by atoms with van der Waals surface area (Å²) >= 11 is 0. The normalized spacial score (nSPS) is 33.8. The molecule has 1 saturated heterocycles. The summed E-state index contributed by atoms with van der Waals surface area (Å²) in [5.41, 5.74) is 0. The lowest BCUT2D eigenvalue weighted by atomic mass is 9.85. The molecule has 0 N–H and O–H groups in total. The van der Waals surface area contributed by atoms with Crippen molar-refractivity contribution in [2.75, 3.05) is 0 Å². The minimum Gasteiger partial charge on any atom is -0.370 e. The van der Waals surface area contributed by atoms with Crippen LogP contribution in [0.3, 0.4) is 0 Å². The van der Waals surface area contributed by atoms with Crippen molar-refractivity contribution in [3.8, 4) is 0 Å². The highest BCUT2D eigenvalue weighted by Crippen LogP contribution is 2.41. The van der Waals surface area contributed by atoms with E-state index in [0.717, 1.165) is 12.3 Å². The smallest absolute Gasteiger partial charge is 0.0844 e. The molecule has 2 rings (SSSR count). The van der Waals surface area contributed by atoms with Crippen molar-refractivity contribution in [2.24, 2.45) is 5.92 Å². The zero-order valence-electron chi connectivity index (χ0n) is 9.92. The summed E-state index contributed by atoms with van der Waals surface area (Å²) in [6.45, 7) is 3.88. The summed E-state index contributed by atoms with van der Waals surface area (Å²) in [5.74, 6) is 0.988. The van der Waals surface area contributed by atoms with E-state index in [4.69, 9.17) is 4.74 Å². The number of rotatable bonds is 7. The summed E-state index contributed by atoms with van der Waals surface area (Å²) in [6.07, 6.45) is 15.1. The topological polar surface area (TPSA) is 12.5 Å². The third kappa shape index (κ3) is 3.79. The van der Waals surface area contributed by atoms with Gasteiger partial charge in [-0.1, -0.05) is 51.9 Å². The lowest BCUT2D eigenvalue weighted by molar-refractivity contribution is 0.343. The molecule has 0 aromatic heterocycles. The van der Waals surface area contributed by atoms with Crippen LogP contribution in [0.1, 0.15) is 64.2 Å². The van der Waals surface area contributed by atoms with E-state index in [9.17, 15) is 0 Å². The molecule has 0 aromatic rings. The number of fused-ring (bicyclic) bond motifs is 1. The van der Waals surface area contributed by atoms with Gasteiger partial charge in [0.2, 0.25) is 0 Å². The molecule has 2 fully saturated rings. The highest BCUT2D eigenvalue weighted by Gasteiger charge is 2.43. The molecule has 1 aliphatic carbocycles. The molecule has 0 spiro atoms. The molecule has 2 aliphatic rings. The SMILES string of the molecule is [CH2]CCCCCCCC1CCC2OC2C1. The number of hydrogen-bond acceptors (Lipinski definition) is 1. The van der Waals surface area contributed by atoms with E-state index in [-0.39, 0.29) is 0 Å². The van der Waals surface area contributed by atoms with Gasteiger partial charge in [0.15, 0.2) is 0 Å². The van der Waals surface area contributed by atoms with Crippen LogP contribution in [0.15, 0.2) is 0 Å². The van der Waals surface area contributed by atoms with E-state index in [1.54, 1.807) is 0 Å². The van der Waals surface area contributed by atoms with Crippen LogP contribution in [0, 0.1) is 12.8 Å². The van der Waals surface area contributed by atoms with Crippen LogP contribution in [-0.4, -0.2) is 12.2 Å². The average molecular weight is 209 g/mol. The Hall–Kier alpha value is -0.0400. The second kappa shape index (κ2) is 5.89. The van der Waals surface area contributed by atoms with Crippen LogP contribution in [-0.2, 0) is 4.74 Å². The molecule has 87 valence electrons. The molecular weight excluding hydrogens is 184 g/mol. The zero-order valence-corrected chi connectivity index (χ0v) is 9.92. The van der Waals surface area contributed by atoms with Gasteiger partial charge in [0.25, 0.3) is 0 Å². The van der Waals surface area contributed by atoms with Gasteiger partial charge >= 0.3 is 0 Å². The summed E-state index contributed by atoms with van der Waals surface area (Å²) in [6, 6.07) is 0. The molecule has 1 nitrogen and oxygen atoms in total. The highest BCUT2D eigenvalue weighted by molar-refractivity contribution is 4.91. The van der Waals surface area contributed by atoms with E-state index < -0.39 is 0 Å². The first kappa shape index (κ1) is 11.4. The van der Waals surface area contributed by atoms with Gasteiger partial charge in [-0.3, -0.25) is 0 Å². The second-order valence-electron chi connectivity index (χ2n) is 5.30. The Bertz CT molecular complexity index is 178. The molecule has 1 radical (unpaired) electrons. The zero-order chi connectivity index (χ0) is 10.5. The molecule has 3 unspecified atom stereocenters. The van der Waals surface area contributed by atoms with Gasteiger partial charge in [-0.15, -0.1) is 0 Å². The van der Waals surface area contributed by atoms with Crippen LogP contribution in [0.25, 0.3) is 0 Å². The van der Waals surface area contributed by atoms with Crippen molar-refractivity contribution < 1.29 is 4.74 Å². The molecule has 0 aromatic carbocycles. The standard InChI is InChI=1S/C14H25O/c1-2-3-4-5-6-7-8-12-9-10-13-14(11-12)15-13/h12-14H,1-11H2. The largest absolute Gasteiger partial charge is 0.370 e. The van der Waals surface area contributed by atoms with E-state index in [0.29, 0.717) is 12.2 Å². The molecule has 1 aliphatic heterocycles. The maximum Gasteiger partial charge on any atom is 0.0844 e. The lowest BCUT2D eigenvalue weighted by Crippen LogP contribution is -2.13. The van der Waals surface area contributed by atoms with Crippen molar-refractivity contribution in [3.63, 3.8) is 0 Å². The third-order valence-corrected chi connectivity index (χ3v) is 3.98. The van der Waals surface area contributed by atoms with Gasteiger partial charge in [0.1, 0.15) is 0 Å². The van der Waals surface area contributed by atoms with E-state index in [2.05, 4.69) is 6.92 Å². The number of epoxide rings is 1. The predicted molar refractivity (Wildman–Crippen MR) is 63.7 cm³/mol. The van der Waals surface area contributed by atoms with Gasteiger partial charge in [0.05, 0.1) is 12.2 Å². The van der Waals surface area contributed by atoms with E-state index in [1.165, 1.54) is 57.8 Å². The van der Waals surface area contributed by atoms with Gasteiger partial charge in [0, 0.05) is 0 Å². The Balaban J connectivity index is 1.43. The summed E-state index contributed by atoms with van der Waals surface area (Å²) in [4.78, 5) is 0. The summed E-state index contributed by atoms with van der Waals surface area (Å²) in [7, 11) is 0. The van der Waals surface area contributed by atoms with Gasteiger partial charge in [-0.25, -0.2) is 0 Å². The number of unbranched alkanes of at least 4 members (excludes halogenated alkanes) is 5. The molecule has 15 heavy (non-hydrogen) atoms. The second-order valence-corrected chi connectivity index (χ2v) is 5.30. The Kier molecular flexibility index (Phi) is 4.49. The predicted octanol–water partition coefficient (Wildman–Crippen LogP) is 4.12. The fourth-order valence-corrected chi connectivity index (χ4v) is 2.89. The Labute approximate surface area is 94.6 Å². The summed E-state index contributed by atoms with van der Waals surface area (Å²) < 4.78 is 5.56. The first-order valence-corrected chi connectivity index (χ1v) is 6.85. The Morgan fingerprint density at radius 2 is 1.73 bits per heavy atom. The average Bonchev–Trinajstić information content (AvgIpc) is 3.01. The first-order valence-electron chi connectivity index (χ1n) is 6.85. The fraction of sp³-hybridized carbons (Fsp3) is 0.929. The van der Waals surface area contributed by atoms with Gasteiger partial charge < -0.3 is 4.74 Å². The Morgan fingerprint density at radius 1 is 0.933 bits per heavy atom. The van der Waals surface area contributed by atoms with Crippen molar-refractivity contribution in [3.05, 3.63) is 6.92 Å². The minimum absolute atomic E-state index is 0.676. The van der Waals surface area contributed by atoms with Gasteiger partial charge in [-0.05, 0) is 25.2 Å². The van der Waals surface area contributed by atoms with Crippen molar-refractivity contribution in [2.45, 2.75) is 76.4 Å². The number of ether oxygens (including phenoxy) is 1. The van der Waals surface area contributed by atoms with E-state index >= 15 is 0 Å². The summed E-state index contributed by atoms with van der Waals surface area (Å²) in [5, 5.41) is 0. The van der Waals surface area contributed by atoms with Crippen molar-refractivity contribution in [1.82, 2.24) is 0 Å². The molecule has 0 bridgehead atoms. The minimum atomic E-state index is 0.676. The monoisotopic (exact) mass is 209 g/mol. The van der Waals surface area contributed by atoms with Crippen LogP contribution in [0.5, 0.6) is 0 Å². The van der Waals surface area contributed by atoms with E-state index in [1.807, 2.05) is 0 Å². The quantitative estimate of drug-likeness (QED) is 0.454. The molecular formula is C14H25O. The lowest BCUT2D eigenvalue weighted by Gasteiger charge is -2.18. The maximum atomic E-state index is 5.56. The molecule has 3 atom stereocenters. The van der Waals surface area contributed by atoms with Crippen molar-refractivity contribution in [1.29, 1.82) is 0 Å². The Morgan fingerprint density at radius 3 is 2.53 bits per heavy atom. The van der Waals surface area contributed by atoms with Crippen LogP contribution in [0.4, 0.5) is 0 Å². The van der Waals surface area contributed by atoms with Crippen LogP contribution < -0.4 is 0 Å². The van der Waals surface area contributed by atoms with Crippen LogP contribution >= 0.6 is 0 Å². The van der Waals surface area contributed by atoms with Crippen molar-refractivity contribution >= 4 is 0 Å². The molecule has 1 heteroatoms. The van der Waals surface area contributed by atoms with Gasteiger partial charge in [-0.2, -0.15) is 0 Å². The molecule has 1 heterocycles.